The predicted molar refractivity (Wildman–Crippen MR) is 132 cm³/mol. The van der Waals surface area contributed by atoms with E-state index in [1.54, 1.807) is 11.3 Å². The molecule has 2 aliphatic rings. The number of hydrogen-bond acceptors (Lipinski definition) is 6. The summed E-state index contributed by atoms with van der Waals surface area (Å²) in [5, 5.41) is 3.98. The van der Waals surface area contributed by atoms with Crippen molar-refractivity contribution in [3.8, 4) is 0 Å². The maximum absolute atomic E-state index is 12.7. The first-order valence-electron chi connectivity index (χ1n) is 11.8. The molecule has 0 radical (unpaired) electrons. The summed E-state index contributed by atoms with van der Waals surface area (Å²) in [7, 11) is 0. The fraction of sp³-hybridized carbons (Fsp3) is 0.480. The molecule has 8 heteroatoms. The summed E-state index contributed by atoms with van der Waals surface area (Å²) in [4.78, 5) is 39.4. The minimum atomic E-state index is -0.0450. The number of benzene rings is 1. The van der Waals surface area contributed by atoms with Gasteiger partial charge >= 0.3 is 0 Å². The molecule has 1 saturated heterocycles. The maximum atomic E-state index is 12.7. The monoisotopic (exact) mass is 465 g/mol. The molecule has 1 atom stereocenters. The molecular weight excluding hydrogens is 434 g/mol. The molecule has 1 aromatic carbocycles. The zero-order chi connectivity index (χ0) is 22.9. The van der Waals surface area contributed by atoms with Gasteiger partial charge in [-0.2, -0.15) is 0 Å². The molecule has 174 valence electrons. The van der Waals surface area contributed by atoms with Crippen molar-refractivity contribution in [3.05, 3.63) is 62.0 Å². The molecule has 0 bridgehead atoms. The zero-order valence-electron chi connectivity index (χ0n) is 19.3. The first kappa shape index (κ1) is 22.3. The Morgan fingerprint density at radius 1 is 1.18 bits per heavy atom. The van der Waals surface area contributed by atoms with Crippen molar-refractivity contribution in [1.29, 1.82) is 0 Å². The largest absolute Gasteiger partial charge is 0.348 e. The number of carbonyl (C=O) groups is 1. The van der Waals surface area contributed by atoms with Gasteiger partial charge in [0.2, 0.25) is 5.91 Å². The molecule has 5 rings (SSSR count). The van der Waals surface area contributed by atoms with Crippen molar-refractivity contribution < 1.29 is 4.79 Å². The fourth-order valence-electron chi connectivity index (χ4n) is 5.04. The summed E-state index contributed by atoms with van der Waals surface area (Å²) in [6.45, 7) is 8.43. The third-order valence-electron chi connectivity index (χ3n) is 7.00. The predicted octanol–water partition coefficient (Wildman–Crippen LogP) is 2.91. The second kappa shape index (κ2) is 9.37. The summed E-state index contributed by atoms with van der Waals surface area (Å²) in [5.74, 6) is 0.820. The SMILES string of the molecule is Cc1sc2nc(CN3CCN(CC(=O)N[C@H]4CCCc5ccccc54)CC3)[nH]c(=O)c2c1C. The number of aromatic amines is 1. The van der Waals surface area contributed by atoms with Gasteiger partial charge in [0, 0.05) is 31.1 Å². The van der Waals surface area contributed by atoms with E-state index in [4.69, 9.17) is 4.98 Å². The third-order valence-corrected chi connectivity index (χ3v) is 8.10. The van der Waals surface area contributed by atoms with Crippen LogP contribution in [0.5, 0.6) is 0 Å². The Morgan fingerprint density at radius 2 is 1.94 bits per heavy atom. The molecule has 2 N–H and O–H groups in total. The highest BCUT2D eigenvalue weighted by Gasteiger charge is 2.24. The van der Waals surface area contributed by atoms with Crippen LogP contribution < -0.4 is 10.9 Å². The number of aromatic nitrogens is 2. The first-order valence-corrected chi connectivity index (χ1v) is 12.6. The molecule has 1 amide bonds. The molecular formula is C25H31N5O2S. The minimum Gasteiger partial charge on any atom is -0.348 e. The van der Waals surface area contributed by atoms with Crippen molar-refractivity contribution in [2.24, 2.45) is 0 Å². The Morgan fingerprint density at radius 3 is 2.76 bits per heavy atom. The molecule has 2 aromatic heterocycles. The van der Waals surface area contributed by atoms with Crippen LogP contribution >= 0.6 is 11.3 Å². The summed E-state index contributed by atoms with van der Waals surface area (Å²) in [5.41, 5.74) is 3.62. The van der Waals surface area contributed by atoms with E-state index in [0.717, 1.165) is 71.9 Å². The molecule has 0 spiro atoms. The number of H-pyrrole nitrogens is 1. The van der Waals surface area contributed by atoms with Gasteiger partial charge in [0.05, 0.1) is 24.5 Å². The van der Waals surface area contributed by atoms with Gasteiger partial charge in [-0.15, -0.1) is 11.3 Å². The third kappa shape index (κ3) is 4.74. The quantitative estimate of drug-likeness (QED) is 0.606. The lowest BCUT2D eigenvalue weighted by Crippen LogP contribution is -2.49. The van der Waals surface area contributed by atoms with Gasteiger partial charge in [0.1, 0.15) is 10.7 Å². The minimum absolute atomic E-state index is 0.0450. The highest BCUT2D eigenvalue weighted by Crippen LogP contribution is 2.29. The van der Waals surface area contributed by atoms with Crippen LogP contribution in [-0.4, -0.2) is 58.4 Å². The second-order valence-corrected chi connectivity index (χ2v) is 10.4. The van der Waals surface area contributed by atoms with E-state index in [-0.39, 0.29) is 17.5 Å². The molecule has 3 heterocycles. The second-order valence-electron chi connectivity index (χ2n) is 9.24. The van der Waals surface area contributed by atoms with Crippen LogP contribution in [0.25, 0.3) is 10.2 Å². The van der Waals surface area contributed by atoms with Crippen molar-refractivity contribution in [3.63, 3.8) is 0 Å². The zero-order valence-corrected chi connectivity index (χ0v) is 20.1. The average molecular weight is 466 g/mol. The van der Waals surface area contributed by atoms with Crippen LogP contribution in [0.4, 0.5) is 0 Å². The molecule has 33 heavy (non-hydrogen) atoms. The van der Waals surface area contributed by atoms with Crippen LogP contribution in [0.2, 0.25) is 0 Å². The standard InChI is InChI=1S/C25H31N5O2S/c1-16-17(2)33-25-23(16)24(32)27-21(28-25)14-29-10-12-30(13-11-29)15-22(31)26-20-9-5-7-18-6-3-4-8-19(18)20/h3-4,6,8,20H,5,7,9-15H2,1-2H3,(H,26,31)(H,27,28,32)/t20-/m0/s1. The Kier molecular flexibility index (Phi) is 6.32. The van der Waals surface area contributed by atoms with E-state index in [2.05, 4.69) is 44.4 Å². The van der Waals surface area contributed by atoms with E-state index < -0.39 is 0 Å². The van der Waals surface area contributed by atoms with Crippen molar-refractivity contribution >= 4 is 27.5 Å². The van der Waals surface area contributed by atoms with Crippen molar-refractivity contribution in [2.75, 3.05) is 32.7 Å². The van der Waals surface area contributed by atoms with Gasteiger partial charge in [0.25, 0.3) is 5.56 Å². The summed E-state index contributed by atoms with van der Waals surface area (Å²) in [6.07, 6.45) is 3.23. The smallest absolute Gasteiger partial charge is 0.259 e. The molecule has 0 saturated carbocycles. The summed E-state index contributed by atoms with van der Waals surface area (Å²) < 4.78 is 0. The van der Waals surface area contributed by atoms with Crippen LogP contribution in [-0.2, 0) is 17.8 Å². The highest BCUT2D eigenvalue weighted by molar-refractivity contribution is 7.18. The summed E-state index contributed by atoms with van der Waals surface area (Å²) in [6, 6.07) is 8.59. The number of fused-ring (bicyclic) bond motifs is 2. The average Bonchev–Trinajstić information content (AvgIpc) is 3.09. The van der Waals surface area contributed by atoms with Gasteiger partial charge in [-0.1, -0.05) is 24.3 Å². The van der Waals surface area contributed by atoms with Crippen LogP contribution in [0.3, 0.4) is 0 Å². The number of piperazine rings is 1. The molecule has 1 aliphatic heterocycles. The number of hydrogen-bond donors (Lipinski definition) is 2. The molecule has 7 nitrogen and oxygen atoms in total. The number of rotatable bonds is 5. The molecule has 3 aromatic rings. The lowest BCUT2D eigenvalue weighted by atomic mass is 9.88. The van der Waals surface area contributed by atoms with Gasteiger partial charge in [-0.3, -0.25) is 19.4 Å². The maximum Gasteiger partial charge on any atom is 0.259 e. The lowest BCUT2D eigenvalue weighted by Gasteiger charge is -2.34. The van der Waals surface area contributed by atoms with Gasteiger partial charge < -0.3 is 10.3 Å². The number of aryl methyl sites for hydroxylation is 3. The van der Waals surface area contributed by atoms with Crippen molar-refractivity contribution in [2.45, 2.75) is 45.7 Å². The molecule has 1 fully saturated rings. The van der Waals surface area contributed by atoms with Crippen LogP contribution in [0.1, 0.15) is 46.3 Å². The number of thiophene rings is 1. The number of nitrogens with zero attached hydrogens (tertiary/aromatic N) is 3. The molecule has 0 unspecified atom stereocenters. The highest BCUT2D eigenvalue weighted by atomic mass is 32.1. The number of carbonyl (C=O) groups excluding carboxylic acids is 1. The Hall–Kier alpha value is -2.55. The van der Waals surface area contributed by atoms with Crippen LogP contribution in [0, 0.1) is 13.8 Å². The normalized spacial score (nSPS) is 19.5. The van der Waals surface area contributed by atoms with E-state index in [1.807, 2.05) is 13.8 Å². The van der Waals surface area contributed by atoms with E-state index in [1.165, 1.54) is 11.1 Å². The van der Waals surface area contributed by atoms with E-state index in [0.29, 0.717) is 13.1 Å². The van der Waals surface area contributed by atoms with E-state index >= 15 is 0 Å². The van der Waals surface area contributed by atoms with Gasteiger partial charge in [-0.25, -0.2) is 4.98 Å². The topological polar surface area (TPSA) is 81.3 Å². The lowest BCUT2D eigenvalue weighted by molar-refractivity contribution is -0.123. The van der Waals surface area contributed by atoms with Gasteiger partial charge in [0.15, 0.2) is 0 Å². The van der Waals surface area contributed by atoms with Crippen LogP contribution in [0.15, 0.2) is 29.1 Å². The van der Waals surface area contributed by atoms with E-state index in [9.17, 15) is 9.59 Å². The fourth-order valence-corrected chi connectivity index (χ4v) is 6.09. The number of nitrogens with one attached hydrogen (secondary N) is 2. The Balaban J connectivity index is 1.14. The molecule has 1 aliphatic carbocycles. The van der Waals surface area contributed by atoms with Crippen molar-refractivity contribution in [1.82, 2.24) is 25.1 Å². The Labute approximate surface area is 197 Å². The summed E-state index contributed by atoms with van der Waals surface area (Å²) >= 11 is 1.58. The van der Waals surface area contributed by atoms with Gasteiger partial charge in [-0.05, 0) is 49.8 Å². The first-order chi connectivity index (χ1) is 16.0. The Bertz CT molecular complexity index is 1230. The number of amides is 1.